The molecule has 2 heterocycles. The molecule has 0 aromatic carbocycles. The van der Waals surface area contributed by atoms with E-state index in [9.17, 15) is 4.79 Å². The van der Waals surface area contributed by atoms with E-state index in [1.807, 2.05) is 25.8 Å². The van der Waals surface area contributed by atoms with Gasteiger partial charge in [-0.2, -0.15) is 4.98 Å². The van der Waals surface area contributed by atoms with E-state index in [0.717, 1.165) is 23.1 Å². The van der Waals surface area contributed by atoms with Crippen LogP contribution in [0, 0.1) is 12.8 Å². The number of aromatic nitrogens is 2. The van der Waals surface area contributed by atoms with E-state index < -0.39 is 0 Å². The number of hydrogen-bond acceptors (Lipinski definition) is 5. The molecule has 2 N–H and O–H groups in total. The lowest BCUT2D eigenvalue weighted by Gasteiger charge is -2.37. The van der Waals surface area contributed by atoms with Crippen molar-refractivity contribution >= 4 is 23.4 Å². The molecule has 0 spiro atoms. The minimum Gasteiger partial charge on any atom is -0.351 e. The summed E-state index contributed by atoms with van der Waals surface area (Å²) in [6, 6.07) is 0.266. The number of carbonyl (C=O) groups is 1. The molecule has 0 bridgehead atoms. The summed E-state index contributed by atoms with van der Waals surface area (Å²) in [4.78, 5) is 23.0. The Bertz CT molecular complexity index is 582. The molecular formula is C16H25N5O. The number of nitrogens with zero attached hydrogens (tertiary/aromatic N) is 3. The minimum absolute atomic E-state index is 0.0104. The van der Waals surface area contributed by atoms with Gasteiger partial charge >= 0.3 is 0 Å². The van der Waals surface area contributed by atoms with E-state index in [2.05, 4.69) is 27.5 Å². The normalized spacial score (nSPS) is 27.0. The highest BCUT2D eigenvalue weighted by Crippen LogP contribution is 2.35. The second-order valence-corrected chi connectivity index (χ2v) is 6.57. The number of amides is 1. The van der Waals surface area contributed by atoms with Crippen molar-refractivity contribution in [2.75, 3.05) is 22.6 Å². The molecule has 120 valence electrons. The summed E-state index contributed by atoms with van der Waals surface area (Å²) in [6.07, 6.45) is 4.98. The lowest BCUT2D eigenvalue weighted by molar-refractivity contribution is -0.117. The Morgan fingerprint density at radius 3 is 2.77 bits per heavy atom. The predicted molar refractivity (Wildman–Crippen MR) is 88.3 cm³/mol. The molecule has 1 fully saturated rings. The average Bonchev–Trinajstić information content (AvgIpc) is 2.44. The topological polar surface area (TPSA) is 70.2 Å². The molecule has 2 aliphatic rings. The summed E-state index contributed by atoms with van der Waals surface area (Å²) in [6.45, 7) is 6.03. The average molecular weight is 303 g/mol. The van der Waals surface area contributed by atoms with Crippen molar-refractivity contribution in [3.63, 3.8) is 0 Å². The van der Waals surface area contributed by atoms with Crippen LogP contribution in [0.1, 0.15) is 45.2 Å². The molecule has 0 radical (unpaired) electrons. The van der Waals surface area contributed by atoms with E-state index in [1.54, 1.807) is 0 Å². The van der Waals surface area contributed by atoms with Crippen molar-refractivity contribution in [1.82, 2.24) is 9.97 Å². The summed E-state index contributed by atoms with van der Waals surface area (Å²) in [5.41, 5.74) is 1.54. The molecule has 1 amide bonds. The van der Waals surface area contributed by atoms with Crippen LogP contribution in [0.3, 0.4) is 0 Å². The van der Waals surface area contributed by atoms with Gasteiger partial charge in [-0.05, 0) is 32.6 Å². The van der Waals surface area contributed by atoms with Crippen LogP contribution in [0.25, 0.3) is 0 Å². The van der Waals surface area contributed by atoms with Gasteiger partial charge in [0.15, 0.2) is 5.82 Å². The van der Waals surface area contributed by atoms with Gasteiger partial charge in [0.2, 0.25) is 11.9 Å². The number of hydrogen-bond donors (Lipinski definition) is 2. The van der Waals surface area contributed by atoms with Crippen LogP contribution in [-0.2, 0) is 4.79 Å². The predicted octanol–water partition coefficient (Wildman–Crippen LogP) is 2.55. The summed E-state index contributed by atoms with van der Waals surface area (Å²) in [5, 5.41) is 6.35. The Balaban J connectivity index is 1.75. The quantitative estimate of drug-likeness (QED) is 0.894. The first kappa shape index (κ1) is 15.1. The third kappa shape index (κ3) is 2.62. The van der Waals surface area contributed by atoms with Crippen molar-refractivity contribution in [3.05, 3.63) is 5.69 Å². The van der Waals surface area contributed by atoms with Crippen LogP contribution < -0.4 is 15.5 Å². The molecule has 1 aliphatic heterocycles. The SMILES string of the molecule is CCC[C@H]1C[C@@H](Nc2nc(C)c3c(n2)N(C)[C@@H](C)C(=O)N3)C1. The third-order valence-corrected chi connectivity index (χ3v) is 4.88. The van der Waals surface area contributed by atoms with Gasteiger partial charge < -0.3 is 15.5 Å². The number of likely N-dealkylation sites (N-methyl/N-ethyl adjacent to an activating group) is 1. The molecule has 1 aliphatic carbocycles. The van der Waals surface area contributed by atoms with Crippen LogP contribution in [-0.4, -0.2) is 35.0 Å². The van der Waals surface area contributed by atoms with Crippen LogP contribution >= 0.6 is 0 Å². The number of rotatable bonds is 4. The molecule has 6 heteroatoms. The van der Waals surface area contributed by atoms with E-state index in [1.165, 1.54) is 25.7 Å². The maximum absolute atomic E-state index is 11.9. The zero-order chi connectivity index (χ0) is 15.9. The number of aryl methyl sites for hydroxylation is 1. The molecule has 22 heavy (non-hydrogen) atoms. The van der Waals surface area contributed by atoms with Crippen LogP contribution in [0.4, 0.5) is 17.5 Å². The Hall–Kier alpha value is -1.85. The van der Waals surface area contributed by atoms with Gasteiger partial charge in [0.05, 0.1) is 5.69 Å². The van der Waals surface area contributed by atoms with Gasteiger partial charge in [0, 0.05) is 13.1 Å². The highest BCUT2D eigenvalue weighted by atomic mass is 16.2. The second-order valence-electron chi connectivity index (χ2n) is 6.57. The van der Waals surface area contributed by atoms with E-state index in [0.29, 0.717) is 12.0 Å². The summed E-state index contributed by atoms with van der Waals surface area (Å²) in [7, 11) is 1.90. The van der Waals surface area contributed by atoms with Crippen molar-refractivity contribution in [1.29, 1.82) is 0 Å². The Morgan fingerprint density at radius 1 is 1.36 bits per heavy atom. The van der Waals surface area contributed by atoms with Crippen LogP contribution in [0.5, 0.6) is 0 Å². The molecule has 6 nitrogen and oxygen atoms in total. The van der Waals surface area contributed by atoms with Gasteiger partial charge in [-0.3, -0.25) is 4.79 Å². The third-order valence-electron chi connectivity index (χ3n) is 4.88. The summed E-state index contributed by atoms with van der Waals surface area (Å²) < 4.78 is 0. The highest BCUT2D eigenvalue weighted by Gasteiger charge is 2.32. The fourth-order valence-electron chi connectivity index (χ4n) is 3.29. The minimum atomic E-state index is -0.215. The standard InChI is InChI=1S/C16H25N5O/c1-5-6-11-7-12(8-11)18-16-17-9(2)13-14(20-16)21(4)10(3)15(22)19-13/h10-12H,5-8H2,1-4H3,(H,19,22)(H,17,18,20)/t10-,11-,12+/m0/s1. The lowest BCUT2D eigenvalue weighted by atomic mass is 9.78. The fourth-order valence-corrected chi connectivity index (χ4v) is 3.29. The second kappa shape index (κ2) is 5.74. The van der Waals surface area contributed by atoms with Crippen LogP contribution in [0.2, 0.25) is 0 Å². The van der Waals surface area contributed by atoms with Crippen molar-refractivity contribution in [2.24, 2.45) is 5.92 Å². The van der Waals surface area contributed by atoms with Gasteiger partial charge in [0.25, 0.3) is 0 Å². The molecule has 0 unspecified atom stereocenters. The van der Waals surface area contributed by atoms with E-state index >= 15 is 0 Å². The molecule has 3 rings (SSSR count). The first-order valence-corrected chi connectivity index (χ1v) is 8.18. The largest absolute Gasteiger partial charge is 0.351 e. The van der Waals surface area contributed by atoms with E-state index in [4.69, 9.17) is 0 Å². The van der Waals surface area contributed by atoms with Crippen molar-refractivity contribution < 1.29 is 4.79 Å². The summed E-state index contributed by atoms with van der Waals surface area (Å²) >= 11 is 0. The first-order valence-electron chi connectivity index (χ1n) is 8.18. The fraction of sp³-hybridized carbons (Fsp3) is 0.688. The Kier molecular flexibility index (Phi) is 3.93. The zero-order valence-corrected chi connectivity index (χ0v) is 13.8. The lowest BCUT2D eigenvalue weighted by Crippen LogP contribution is -2.45. The number of nitrogens with one attached hydrogen (secondary N) is 2. The van der Waals surface area contributed by atoms with Crippen molar-refractivity contribution in [3.8, 4) is 0 Å². The summed E-state index contributed by atoms with van der Waals surface area (Å²) in [5.74, 6) is 2.31. The van der Waals surface area contributed by atoms with Gasteiger partial charge in [-0.25, -0.2) is 4.98 Å². The zero-order valence-electron chi connectivity index (χ0n) is 13.8. The molecular weight excluding hydrogens is 278 g/mol. The molecule has 0 saturated heterocycles. The number of anilines is 3. The first-order chi connectivity index (χ1) is 10.5. The Labute approximate surface area is 131 Å². The molecule has 1 aromatic rings. The Morgan fingerprint density at radius 2 is 2.09 bits per heavy atom. The molecule has 1 atom stereocenters. The maximum Gasteiger partial charge on any atom is 0.246 e. The van der Waals surface area contributed by atoms with Gasteiger partial charge in [-0.15, -0.1) is 0 Å². The van der Waals surface area contributed by atoms with E-state index in [-0.39, 0.29) is 11.9 Å². The van der Waals surface area contributed by atoms with Gasteiger partial charge in [-0.1, -0.05) is 19.8 Å². The monoisotopic (exact) mass is 303 g/mol. The maximum atomic E-state index is 11.9. The molecule has 1 aromatic heterocycles. The highest BCUT2D eigenvalue weighted by molar-refractivity contribution is 6.03. The van der Waals surface area contributed by atoms with Crippen molar-refractivity contribution in [2.45, 2.75) is 58.5 Å². The smallest absolute Gasteiger partial charge is 0.246 e. The van der Waals surface area contributed by atoms with Crippen LogP contribution in [0.15, 0.2) is 0 Å². The number of carbonyl (C=O) groups excluding carboxylic acids is 1. The van der Waals surface area contributed by atoms with Gasteiger partial charge in [0.1, 0.15) is 11.7 Å². The number of fused-ring (bicyclic) bond motifs is 1. The molecule has 1 saturated carbocycles.